The van der Waals surface area contributed by atoms with Gasteiger partial charge in [0.1, 0.15) is 6.10 Å². The van der Waals surface area contributed by atoms with Gasteiger partial charge in [0.2, 0.25) is 0 Å². The van der Waals surface area contributed by atoms with Gasteiger partial charge >= 0.3 is 0 Å². The van der Waals surface area contributed by atoms with E-state index in [1.54, 1.807) is 0 Å². The first kappa shape index (κ1) is 12.2. The first-order chi connectivity index (χ1) is 7.19. The number of hydrogen-bond donors (Lipinski definition) is 1. The smallest absolute Gasteiger partial charge is 0.105 e. The number of benzene rings is 1. The molecule has 0 amide bonds. The molecule has 0 heterocycles. The molecular weight excluding hydrogens is 188 g/mol. The molecular formula is C13H20O2. The monoisotopic (exact) mass is 208 g/mol. The van der Waals surface area contributed by atoms with Crippen LogP contribution >= 0.6 is 0 Å². The molecule has 84 valence electrons. The van der Waals surface area contributed by atoms with Gasteiger partial charge in [-0.15, -0.1) is 0 Å². The Labute approximate surface area is 91.9 Å². The second-order valence-corrected chi connectivity index (χ2v) is 3.76. The summed E-state index contributed by atoms with van der Waals surface area (Å²) in [6.07, 6.45) is 0.205. The van der Waals surface area contributed by atoms with Crippen molar-refractivity contribution in [1.29, 1.82) is 0 Å². The minimum atomic E-state index is -0.518. The topological polar surface area (TPSA) is 29.5 Å². The van der Waals surface area contributed by atoms with Crippen molar-refractivity contribution in [3.8, 4) is 0 Å². The number of aliphatic hydroxyl groups is 1. The van der Waals surface area contributed by atoms with E-state index in [0.29, 0.717) is 6.61 Å². The summed E-state index contributed by atoms with van der Waals surface area (Å²) in [6.45, 7) is 6.65. The van der Waals surface area contributed by atoms with Crippen LogP contribution in [0.3, 0.4) is 0 Å². The Morgan fingerprint density at radius 3 is 2.27 bits per heavy atom. The quantitative estimate of drug-likeness (QED) is 0.806. The Morgan fingerprint density at radius 2 is 1.80 bits per heavy atom. The third-order valence-electron chi connectivity index (χ3n) is 2.55. The molecule has 0 spiro atoms. The standard InChI is InChI=1S/C13H20O2/c1-4-12(15-5-2)13(14)11-8-6-10(3)7-9-11/h6-9,12-14H,4-5H2,1-3H3. The lowest BCUT2D eigenvalue weighted by Gasteiger charge is -2.21. The van der Waals surface area contributed by atoms with Crippen molar-refractivity contribution in [3.05, 3.63) is 35.4 Å². The van der Waals surface area contributed by atoms with Crippen LogP contribution in [0.1, 0.15) is 37.5 Å². The van der Waals surface area contributed by atoms with Crippen molar-refractivity contribution < 1.29 is 9.84 Å². The van der Waals surface area contributed by atoms with E-state index in [9.17, 15) is 5.11 Å². The van der Waals surface area contributed by atoms with Gasteiger partial charge in [-0.3, -0.25) is 0 Å². The molecule has 0 aliphatic carbocycles. The fourth-order valence-corrected chi connectivity index (χ4v) is 1.62. The van der Waals surface area contributed by atoms with Gasteiger partial charge in [0.25, 0.3) is 0 Å². The maximum Gasteiger partial charge on any atom is 0.105 e. The summed E-state index contributed by atoms with van der Waals surface area (Å²) in [5, 5.41) is 10.1. The van der Waals surface area contributed by atoms with E-state index in [4.69, 9.17) is 4.74 Å². The van der Waals surface area contributed by atoms with E-state index in [1.165, 1.54) is 5.56 Å². The lowest BCUT2D eigenvalue weighted by Crippen LogP contribution is -2.21. The van der Waals surface area contributed by atoms with E-state index in [0.717, 1.165) is 12.0 Å². The summed E-state index contributed by atoms with van der Waals surface area (Å²) in [4.78, 5) is 0. The van der Waals surface area contributed by atoms with Crippen LogP contribution in [-0.2, 0) is 4.74 Å². The highest BCUT2D eigenvalue weighted by atomic mass is 16.5. The molecule has 2 heteroatoms. The number of aliphatic hydroxyl groups excluding tert-OH is 1. The Bertz CT molecular complexity index is 279. The van der Waals surface area contributed by atoms with Gasteiger partial charge < -0.3 is 9.84 Å². The first-order valence-corrected chi connectivity index (χ1v) is 5.55. The van der Waals surface area contributed by atoms with Crippen molar-refractivity contribution in [2.75, 3.05) is 6.61 Å². The minimum Gasteiger partial charge on any atom is -0.386 e. The zero-order valence-corrected chi connectivity index (χ0v) is 9.73. The lowest BCUT2D eigenvalue weighted by molar-refractivity contribution is -0.0355. The van der Waals surface area contributed by atoms with Crippen LogP contribution in [0.15, 0.2) is 24.3 Å². The zero-order chi connectivity index (χ0) is 11.3. The molecule has 0 radical (unpaired) electrons. The molecule has 2 atom stereocenters. The molecule has 1 aromatic carbocycles. The fourth-order valence-electron chi connectivity index (χ4n) is 1.62. The van der Waals surface area contributed by atoms with Crippen LogP contribution < -0.4 is 0 Å². The highest BCUT2D eigenvalue weighted by molar-refractivity contribution is 5.23. The maximum absolute atomic E-state index is 10.1. The molecule has 2 nitrogen and oxygen atoms in total. The van der Waals surface area contributed by atoms with E-state index >= 15 is 0 Å². The Balaban J connectivity index is 2.73. The van der Waals surface area contributed by atoms with Crippen LogP contribution in [-0.4, -0.2) is 17.8 Å². The molecule has 0 aliphatic rings. The van der Waals surface area contributed by atoms with Crippen LogP contribution in [0, 0.1) is 6.92 Å². The third-order valence-corrected chi connectivity index (χ3v) is 2.55. The molecule has 1 aromatic rings. The van der Waals surface area contributed by atoms with Gasteiger partial charge in [-0.1, -0.05) is 36.8 Å². The Kier molecular flexibility index (Phi) is 4.79. The van der Waals surface area contributed by atoms with Crippen molar-refractivity contribution in [2.24, 2.45) is 0 Å². The van der Waals surface area contributed by atoms with Crippen LogP contribution in [0.2, 0.25) is 0 Å². The van der Waals surface area contributed by atoms with Gasteiger partial charge in [0.05, 0.1) is 6.10 Å². The second kappa shape index (κ2) is 5.89. The summed E-state index contributed by atoms with van der Waals surface area (Å²) in [5.74, 6) is 0. The van der Waals surface area contributed by atoms with Crippen LogP contribution in [0.25, 0.3) is 0 Å². The normalized spacial score (nSPS) is 14.9. The van der Waals surface area contributed by atoms with Gasteiger partial charge in [0, 0.05) is 6.61 Å². The average molecular weight is 208 g/mol. The number of aryl methyl sites for hydroxylation is 1. The predicted octanol–water partition coefficient (Wildman–Crippen LogP) is 2.84. The van der Waals surface area contributed by atoms with Crippen molar-refractivity contribution in [1.82, 2.24) is 0 Å². The first-order valence-electron chi connectivity index (χ1n) is 5.55. The number of hydrogen-bond acceptors (Lipinski definition) is 2. The largest absolute Gasteiger partial charge is 0.386 e. The summed E-state index contributed by atoms with van der Waals surface area (Å²) in [7, 11) is 0. The molecule has 0 saturated carbocycles. The average Bonchev–Trinajstić information content (AvgIpc) is 2.26. The maximum atomic E-state index is 10.1. The molecule has 0 fully saturated rings. The Morgan fingerprint density at radius 1 is 1.20 bits per heavy atom. The molecule has 1 rings (SSSR count). The highest BCUT2D eigenvalue weighted by Crippen LogP contribution is 2.21. The van der Waals surface area contributed by atoms with Crippen molar-refractivity contribution in [2.45, 2.75) is 39.4 Å². The molecule has 0 saturated heterocycles. The molecule has 0 aliphatic heterocycles. The molecule has 0 aromatic heterocycles. The van der Waals surface area contributed by atoms with Crippen molar-refractivity contribution >= 4 is 0 Å². The molecule has 2 unspecified atom stereocenters. The third kappa shape index (κ3) is 3.33. The van der Waals surface area contributed by atoms with Crippen LogP contribution in [0.4, 0.5) is 0 Å². The molecule has 0 bridgehead atoms. The minimum absolute atomic E-state index is 0.0993. The molecule has 1 N–H and O–H groups in total. The van der Waals surface area contributed by atoms with E-state index < -0.39 is 6.10 Å². The highest BCUT2D eigenvalue weighted by Gasteiger charge is 2.18. The van der Waals surface area contributed by atoms with E-state index in [1.807, 2.05) is 45.0 Å². The predicted molar refractivity (Wildman–Crippen MR) is 61.8 cm³/mol. The SMILES string of the molecule is CCOC(CC)C(O)c1ccc(C)cc1. The van der Waals surface area contributed by atoms with Gasteiger partial charge in [-0.05, 0) is 25.8 Å². The molecule has 15 heavy (non-hydrogen) atoms. The Hall–Kier alpha value is -0.860. The van der Waals surface area contributed by atoms with E-state index in [2.05, 4.69) is 0 Å². The fraction of sp³-hybridized carbons (Fsp3) is 0.538. The summed E-state index contributed by atoms with van der Waals surface area (Å²) >= 11 is 0. The van der Waals surface area contributed by atoms with E-state index in [-0.39, 0.29) is 6.10 Å². The van der Waals surface area contributed by atoms with Gasteiger partial charge in [-0.25, -0.2) is 0 Å². The van der Waals surface area contributed by atoms with Crippen molar-refractivity contribution in [3.63, 3.8) is 0 Å². The summed E-state index contributed by atoms with van der Waals surface area (Å²) in [5.41, 5.74) is 2.14. The zero-order valence-electron chi connectivity index (χ0n) is 9.73. The number of ether oxygens (including phenoxy) is 1. The summed E-state index contributed by atoms with van der Waals surface area (Å²) in [6, 6.07) is 7.94. The van der Waals surface area contributed by atoms with Crippen LogP contribution in [0.5, 0.6) is 0 Å². The summed E-state index contributed by atoms with van der Waals surface area (Å²) < 4.78 is 5.49. The number of rotatable bonds is 5. The lowest BCUT2D eigenvalue weighted by atomic mass is 10.0. The second-order valence-electron chi connectivity index (χ2n) is 3.76. The van der Waals surface area contributed by atoms with Gasteiger partial charge in [-0.2, -0.15) is 0 Å². The van der Waals surface area contributed by atoms with Gasteiger partial charge in [0.15, 0.2) is 0 Å².